The summed E-state index contributed by atoms with van der Waals surface area (Å²) in [5.74, 6) is 0.888. The molecule has 0 fully saturated rings. The quantitative estimate of drug-likeness (QED) is 0.535. The number of hydrogen-bond donors (Lipinski definition) is 0. The van der Waals surface area contributed by atoms with Gasteiger partial charge in [-0.3, -0.25) is 0 Å². The van der Waals surface area contributed by atoms with Gasteiger partial charge in [-0.1, -0.05) is 42.5 Å². The summed E-state index contributed by atoms with van der Waals surface area (Å²) in [7, 11) is 0. The third-order valence-electron chi connectivity index (χ3n) is 4.17. The highest BCUT2D eigenvalue weighted by Gasteiger charge is 2.03. The highest BCUT2D eigenvalue weighted by atomic mass is 16.5. The molecule has 4 aromatic rings. The molecule has 2 aromatic carbocycles. The molecule has 0 spiro atoms. The molecule has 0 N–H and O–H groups in total. The number of pyridine rings is 1. The van der Waals surface area contributed by atoms with Gasteiger partial charge in [0.1, 0.15) is 12.4 Å². The highest BCUT2D eigenvalue weighted by Crippen LogP contribution is 2.16. The van der Waals surface area contributed by atoms with Crippen LogP contribution in [-0.2, 0) is 13.0 Å². The maximum atomic E-state index is 5.86. The molecule has 0 atom stereocenters. The molecule has 0 aliphatic carbocycles. The predicted octanol–water partition coefficient (Wildman–Crippen LogP) is 4.10. The minimum atomic E-state index is 0.596. The van der Waals surface area contributed by atoms with Crippen molar-refractivity contribution in [3.8, 4) is 5.75 Å². The van der Waals surface area contributed by atoms with Crippen LogP contribution in [0.1, 0.15) is 11.1 Å². The van der Waals surface area contributed by atoms with E-state index in [1.165, 1.54) is 11.1 Å². The molecule has 0 amide bonds. The van der Waals surface area contributed by atoms with Crippen LogP contribution in [0.5, 0.6) is 5.75 Å². The Morgan fingerprint density at radius 3 is 2.44 bits per heavy atom. The Morgan fingerprint density at radius 2 is 1.60 bits per heavy atom. The molecule has 25 heavy (non-hydrogen) atoms. The van der Waals surface area contributed by atoms with E-state index in [2.05, 4.69) is 50.9 Å². The summed E-state index contributed by atoms with van der Waals surface area (Å²) >= 11 is 0. The first-order valence-electron chi connectivity index (χ1n) is 8.40. The van der Waals surface area contributed by atoms with Gasteiger partial charge in [-0.15, -0.1) is 0 Å². The van der Waals surface area contributed by atoms with E-state index in [0.29, 0.717) is 6.61 Å². The number of hydrogen-bond acceptors (Lipinski definition) is 3. The number of ether oxygens (including phenoxy) is 1. The van der Waals surface area contributed by atoms with Crippen molar-refractivity contribution in [3.05, 3.63) is 90.4 Å². The Kier molecular flexibility index (Phi) is 4.42. The van der Waals surface area contributed by atoms with Gasteiger partial charge in [0, 0.05) is 6.20 Å². The number of rotatable bonds is 6. The summed E-state index contributed by atoms with van der Waals surface area (Å²) in [6.07, 6.45) is 4.51. The van der Waals surface area contributed by atoms with Gasteiger partial charge in [-0.05, 0) is 41.8 Å². The van der Waals surface area contributed by atoms with Gasteiger partial charge in [0.15, 0.2) is 5.65 Å². The van der Waals surface area contributed by atoms with E-state index in [-0.39, 0.29) is 0 Å². The summed E-state index contributed by atoms with van der Waals surface area (Å²) in [6.45, 7) is 1.34. The molecule has 4 nitrogen and oxygen atoms in total. The van der Waals surface area contributed by atoms with E-state index < -0.39 is 0 Å². The van der Waals surface area contributed by atoms with Gasteiger partial charge < -0.3 is 9.30 Å². The lowest BCUT2D eigenvalue weighted by Crippen LogP contribution is -2.07. The molecule has 0 radical (unpaired) electrons. The van der Waals surface area contributed by atoms with Crippen molar-refractivity contribution in [2.45, 2.75) is 13.0 Å². The lowest BCUT2D eigenvalue weighted by Gasteiger charge is -2.08. The van der Waals surface area contributed by atoms with Crippen molar-refractivity contribution < 1.29 is 4.74 Å². The fourth-order valence-electron chi connectivity index (χ4n) is 2.87. The van der Waals surface area contributed by atoms with Crippen molar-refractivity contribution in [2.75, 3.05) is 6.61 Å². The van der Waals surface area contributed by atoms with E-state index in [9.17, 15) is 0 Å². The maximum absolute atomic E-state index is 5.86. The van der Waals surface area contributed by atoms with Crippen LogP contribution in [-0.4, -0.2) is 21.1 Å². The van der Waals surface area contributed by atoms with Crippen LogP contribution in [0.2, 0.25) is 0 Å². The molecule has 0 saturated carbocycles. The molecule has 124 valence electrons. The van der Waals surface area contributed by atoms with Gasteiger partial charge >= 0.3 is 0 Å². The lowest BCUT2D eigenvalue weighted by atomic mass is 10.1. The number of nitrogens with zero attached hydrogens (tertiary/aromatic N) is 3. The number of benzene rings is 2. The largest absolute Gasteiger partial charge is 0.492 e. The van der Waals surface area contributed by atoms with E-state index in [4.69, 9.17) is 4.74 Å². The van der Waals surface area contributed by atoms with Crippen molar-refractivity contribution in [1.82, 2.24) is 14.5 Å². The normalized spacial score (nSPS) is 10.9. The van der Waals surface area contributed by atoms with Gasteiger partial charge in [0.05, 0.1) is 18.4 Å². The minimum Gasteiger partial charge on any atom is -0.492 e. The smallest absolute Gasteiger partial charge is 0.177 e. The Hall–Kier alpha value is -3.14. The van der Waals surface area contributed by atoms with E-state index >= 15 is 0 Å². The second-order valence-corrected chi connectivity index (χ2v) is 5.94. The average molecular weight is 329 g/mol. The molecular weight excluding hydrogens is 310 g/mol. The highest BCUT2D eigenvalue weighted by molar-refractivity contribution is 5.70. The standard InChI is InChI=1S/C21H19N3O/c1-2-5-17(6-3-1)15-18-8-10-19(11-9-18)25-14-13-24-16-23-21-20(24)7-4-12-22-21/h1-12,16H,13-15H2. The zero-order valence-electron chi connectivity index (χ0n) is 13.9. The van der Waals surface area contributed by atoms with Crippen molar-refractivity contribution in [3.63, 3.8) is 0 Å². The van der Waals surface area contributed by atoms with Crippen molar-refractivity contribution in [1.29, 1.82) is 0 Å². The first-order valence-corrected chi connectivity index (χ1v) is 8.40. The summed E-state index contributed by atoms with van der Waals surface area (Å²) in [6, 6.07) is 22.7. The summed E-state index contributed by atoms with van der Waals surface area (Å²) in [5.41, 5.74) is 4.40. The molecule has 2 heterocycles. The third-order valence-corrected chi connectivity index (χ3v) is 4.17. The van der Waals surface area contributed by atoms with Crippen LogP contribution < -0.4 is 4.74 Å². The van der Waals surface area contributed by atoms with Crippen molar-refractivity contribution >= 4 is 11.2 Å². The molecule has 4 rings (SSSR count). The number of aromatic nitrogens is 3. The molecule has 0 aliphatic heterocycles. The van der Waals surface area contributed by atoms with Gasteiger partial charge in [-0.2, -0.15) is 0 Å². The van der Waals surface area contributed by atoms with Crippen LogP contribution in [0.3, 0.4) is 0 Å². The maximum Gasteiger partial charge on any atom is 0.177 e. The van der Waals surface area contributed by atoms with Crippen LogP contribution in [0.15, 0.2) is 79.3 Å². The van der Waals surface area contributed by atoms with Crippen LogP contribution in [0, 0.1) is 0 Å². The second-order valence-electron chi connectivity index (χ2n) is 5.94. The van der Waals surface area contributed by atoms with Crippen molar-refractivity contribution in [2.24, 2.45) is 0 Å². The number of fused-ring (bicyclic) bond motifs is 1. The van der Waals surface area contributed by atoms with Gasteiger partial charge in [0.25, 0.3) is 0 Å². The average Bonchev–Trinajstić information content (AvgIpc) is 3.07. The summed E-state index contributed by atoms with van der Waals surface area (Å²) in [5, 5.41) is 0. The van der Waals surface area contributed by atoms with E-state index in [1.54, 1.807) is 6.20 Å². The van der Waals surface area contributed by atoms with E-state index in [1.807, 2.05) is 36.7 Å². The predicted molar refractivity (Wildman–Crippen MR) is 98.7 cm³/mol. The third kappa shape index (κ3) is 3.69. The Bertz CT molecular complexity index is 946. The first-order chi connectivity index (χ1) is 12.4. The molecular formula is C21H19N3O. The number of imidazole rings is 1. The van der Waals surface area contributed by atoms with Gasteiger partial charge in [-0.25, -0.2) is 9.97 Å². The summed E-state index contributed by atoms with van der Waals surface area (Å²) in [4.78, 5) is 8.53. The fourth-order valence-corrected chi connectivity index (χ4v) is 2.87. The first kappa shape index (κ1) is 15.4. The van der Waals surface area contributed by atoms with Gasteiger partial charge in [0.2, 0.25) is 0 Å². The molecule has 4 heteroatoms. The minimum absolute atomic E-state index is 0.596. The zero-order valence-corrected chi connectivity index (χ0v) is 13.9. The Morgan fingerprint density at radius 1 is 0.800 bits per heavy atom. The summed E-state index contributed by atoms with van der Waals surface area (Å²) < 4.78 is 7.93. The molecule has 2 aromatic heterocycles. The second kappa shape index (κ2) is 7.18. The lowest BCUT2D eigenvalue weighted by molar-refractivity contribution is 0.300. The topological polar surface area (TPSA) is 39.9 Å². The SMILES string of the molecule is c1ccc(Cc2ccc(OCCn3cnc4ncccc43)cc2)cc1. The van der Waals surface area contributed by atoms with Crippen LogP contribution in [0.25, 0.3) is 11.2 Å². The Labute approximate surface area is 146 Å². The molecule has 0 unspecified atom stereocenters. The van der Waals surface area contributed by atoms with Crippen LogP contribution >= 0.6 is 0 Å². The zero-order chi connectivity index (χ0) is 16.9. The molecule has 0 saturated heterocycles. The Balaban J connectivity index is 1.34. The molecule has 0 aliphatic rings. The monoisotopic (exact) mass is 329 g/mol. The van der Waals surface area contributed by atoms with E-state index in [0.717, 1.165) is 29.9 Å². The fraction of sp³-hybridized carbons (Fsp3) is 0.143. The van der Waals surface area contributed by atoms with Crippen LogP contribution in [0.4, 0.5) is 0 Å². The molecule has 0 bridgehead atoms.